The summed E-state index contributed by atoms with van der Waals surface area (Å²) in [6.07, 6.45) is 5.64. The first-order chi connectivity index (χ1) is 13.2. The third-order valence-corrected chi connectivity index (χ3v) is 6.24. The van der Waals surface area contributed by atoms with Gasteiger partial charge in [-0.25, -0.2) is 4.98 Å². The van der Waals surface area contributed by atoms with Crippen molar-refractivity contribution in [3.8, 4) is 21.8 Å². The van der Waals surface area contributed by atoms with Gasteiger partial charge in [-0.15, -0.1) is 11.3 Å². The van der Waals surface area contributed by atoms with Crippen molar-refractivity contribution in [1.29, 1.82) is 0 Å². The molecule has 4 rings (SSSR count). The number of carbonyl (C=O) groups excluding carboxylic acids is 1. The molecule has 0 spiro atoms. The lowest BCUT2D eigenvalue weighted by Gasteiger charge is -2.20. The second-order valence-electron chi connectivity index (χ2n) is 7.19. The van der Waals surface area contributed by atoms with Gasteiger partial charge in [0, 0.05) is 27.6 Å². The summed E-state index contributed by atoms with van der Waals surface area (Å²) in [6, 6.07) is 18.3. The van der Waals surface area contributed by atoms with Gasteiger partial charge < -0.3 is 5.32 Å². The topological polar surface area (TPSA) is 42.0 Å². The molecule has 0 aliphatic heterocycles. The van der Waals surface area contributed by atoms with Crippen LogP contribution in [0.4, 0.5) is 5.69 Å². The highest BCUT2D eigenvalue weighted by molar-refractivity contribution is 7.15. The summed E-state index contributed by atoms with van der Waals surface area (Å²) in [6.45, 7) is 2.11. The Labute approximate surface area is 164 Å². The van der Waals surface area contributed by atoms with Crippen LogP contribution in [0, 0.1) is 12.8 Å². The Morgan fingerprint density at radius 2 is 1.67 bits per heavy atom. The minimum absolute atomic E-state index is 0.165. The van der Waals surface area contributed by atoms with E-state index in [1.165, 1.54) is 24.1 Å². The van der Waals surface area contributed by atoms with Crippen LogP contribution < -0.4 is 5.32 Å². The van der Waals surface area contributed by atoms with Crippen molar-refractivity contribution in [2.75, 3.05) is 5.32 Å². The summed E-state index contributed by atoms with van der Waals surface area (Å²) in [5.41, 5.74) is 4.12. The molecule has 4 heteroatoms. The van der Waals surface area contributed by atoms with Crippen LogP contribution in [-0.4, -0.2) is 10.9 Å². The number of hydrogen-bond acceptors (Lipinski definition) is 3. The molecule has 1 heterocycles. The standard InChI is InChI=1S/C23H24N2OS/c1-16-21(25-23(27-16)19-10-6-3-7-11-19)17-12-14-20(15-13-17)24-22(26)18-8-4-2-5-9-18/h3,6-7,10-15,18H,2,4-5,8-9H2,1H3,(H,24,26). The van der Waals surface area contributed by atoms with Crippen LogP contribution in [0.5, 0.6) is 0 Å². The highest BCUT2D eigenvalue weighted by Crippen LogP contribution is 2.33. The predicted molar refractivity (Wildman–Crippen MR) is 113 cm³/mol. The predicted octanol–water partition coefficient (Wildman–Crippen LogP) is 6.30. The van der Waals surface area contributed by atoms with E-state index in [1.807, 2.05) is 42.5 Å². The molecule has 3 nitrogen and oxygen atoms in total. The zero-order chi connectivity index (χ0) is 18.6. The van der Waals surface area contributed by atoms with Crippen molar-refractivity contribution in [2.24, 2.45) is 5.92 Å². The number of amides is 1. The highest BCUT2D eigenvalue weighted by atomic mass is 32.1. The van der Waals surface area contributed by atoms with E-state index in [2.05, 4.69) is 24.4 Å². The fourth-order valence-electron chi connectivity index (χ4n) is 3.69. The number of carbonyl (C=O) groups is 1. The number of benzene rings is 2. The third-order valence-electron chi connectivity index (χ3n) is 5.22. The van der Waals surface area contributed by atoms with Crippen LogP contribution in [0.25, 0.3) is 21.8 Å². The fourth-order valence-corrected chi connectivity index (χ4v) is 4.63. The number of aryl methyl sites for hydroxylation is 1. The second-order valence-corrected chi connectivity index (χ2v) is 8.39. The lowest BCUT2D eigenvalue weighted by Crippen LogP contribution is -2.24. The summed E-state index contributed by atoms with van der Waals surface area (Å²) < 4.78 is 0. The molecule has 1 saturated carbocycles. The summed E-state index contributed by atoms with van der Waals surface area (Å²) in [5.74, 6) is 0.339. The molecule has 1 amide bonds. The zero-order valence-corrected chi connectivity index (χ0v) is 16.4. The summed E-state index contributed by atoms with van der Waals surface area (Å²) in [4.78, 5) is 18.5. The normalized spacial score (nSPS) is 14.9. The quantitative estimate of drug-likeness (QED) is 0.580. The van der Waals surface area contributed by atoms with Crippen LogP contribution in [0.3, 0.4) is 0 Å². The third kappa shape index (κ3) is 4.11. The van der Waals surface area contributed by atoms with E-state index < -0.39 is 0 Å². The molecule has 1 aliphatic carbocycles. The Morgan fingerprint density at radius 3 is 2.37 bits per heavy atom. The molecular weight excluding hydrogens is 352 g/mol. The van der Waals surface area contributed by atoms with E-state index in [0.717, 1.165) is 40.4 Å². The van der Waals surface area contributed by atoms with Gasteiger partial charge in [-0.05, 0) is 31.9 Å². The first-order valence-electron chi connectivity index (χ1n) is 9.65. The van der Waals surface area contributed by atoms with Crippen LogP contribution in [-0.2, 0) is 4.79 Å². The maximum Gasteiger partial charge on any atom is 0.227 e. The van der Waals surface area contributed by atoms with E-state index in [9.17, 15) is 4.79 Å². The van der Waals surface area contributed by atoms with Crippen molar-refractivity contribution < 1.29 is 4.79 Å². The number of thiazole rings is 1. The molecule has 138 valence electrons. The van der Waals surface area contributed by atoms with Crippen LogP contribution in [0.15, 0.2) is 54.6 Å². The number of rotatable bonds is 4. The lowest BCUT2D eigenvalue weighted by molar-refractivity contribution is -0.120. The van der Waals surface area contributed by atoms with E-state index in [1.54, 1.807) is 11.3 Å². The SMILES string of the molecule is Cc1sc(-c2ccccc2)nc1-c1ccc(NC(=O)C2CCCCC2)cc1. The largest absolute Gasteiger partial charge is 0.326 e. The molecule has 0 saturated heterocycles. The van der Waals surface area contributed by atoms with Gasteiger partial charge in [-0.3, -0.25) is 4.79 Å². The summed E-state index contributed by atoms with van der Waals surface area (Å²) >= 11 is 1.72. The molecule has 2 aromatic carbocycles. The number of anilines is 1. The summed E-state index contributed by atoms with van der Waals surface area (Å²) in [7, 11) is 0. The smallest absolute Gasteiger partial charge is 0.227 e. The minimum atomic E-state index is 0.165. The fraction of sp³-hybridized carbons (Fsp3) is 0.304. The van der Waals surface area contributed by atoms with Crippen molar-refractivity contribution in [3.05, 3.63) is 59.5 Å². The van der Waals surface area contributed by atoms with Gasteiger partial charge in [0.1, 0.15) is 5.01 Å². The maximum absolute atomic E-state index is 12.4. The average molecular weight is 377 g/mol. The van der Waals surface area contributed by atoms with Gasteiger partial charge in [0.2, 0.25) is 5.91 Å². The number of aromatic nitrogens is 1. The Kier molecular flexibility index (Phi) is 5.35. The highest BCUT2D eigenvalue weighted by Gasteiger charge is 2.21. The van der Waals surface area contributed by atoms with Gasteiger partial charge in [0.25, 0.3) is 0 Å². The molecule has 0 bridgehead atoms. The molecule has 1 aromatic heterocycles. The van der Waals surface area contributed by atoms with Crippen LogP contribution in [0.1, 0.15) is 37.0 Å². The van der Waals surface area contributed by atoms with Crippen molar-refractivity contribution in [2.45, 2.75) is 39.0 Å². The van der Waals surface area contributed by atoms with E-state index in [4.69, 9.17) is 4.98 Å². The number of nitrogens with one attached hydrogen (secondary N) is 1. The summed E-state index contributed by atoms with van der Waals surface area (Å²) in [5, 5.41) is 4.12. The molecular formula is C23H24N2OS. The van der Waals surface area contributed by atoms with E-state index in [-0.39, 0.29) is 11.8 Å². The average Bonchev–Trinajstić information content (AvgIpc) is 3.11. The molecule has 0 radical (unpaired) electrons. The van der Waals surface area contributed by atoms with Gasteiger partial charge >= 0.3 is 0 Å². The Hall–Kier alpha value is -2.46. The lowest BCUT2D eigenvalue weighted by atomic mass is 9.88. The number of nitrogens with zero attached hydrogens (tertiary/aromatic N) is 1. The maximum atomic E-state index is 12.4. The van der Waals surface area contributed by atoms with Crippen molar-refractivity contribution in [1.82, 2.24) is 4.98 Å². The molecule has 0 unspecified atom stereocenters. The van der Waals surface area contributed by atoms with E-state index >= 15 is 0 Å². The molecule has 1 N–H and O–H groups in total. The van der Waals surface area contributed by atoms with Gasteiger partial charge in [0.15, 0.2) is 0 Å². The minimum Gasteiger partial charge on any atom is -0.326 e. The molecule has 0 atom stereocenters. The van der Waals surface area contributed by atoms with E-state index in [0.29, 0.717) is 0 Å². The first kappa shape index (κ1) is 17.9. The Bertz CT molecular complexity index is 909. The van der Waals surface area contributed by atoms with Gasteiger partial charge in [-0.1, -0.05) is 61.7 Å². The second kappa shape index (κ2) is 8.05. The zero-order valence-electron chi connectivity index (χ0n) is 15.6. The van der Waals surface area contributed by atoms with Crippen LogP contribution >= 0.6 is 11.3 Å². The molecule has 3 aromatic rings. The Morgan fingerprint density at radius 1 is 0.963 bits per heavy atom. The molecule has 1 aliphatic rings. The van der Waals surface area contributed by atoms with Gasteiger partial charge in [-0.2, -0.15) is 0 Å². The van der Waals surface area contributed by atoms with Crippen molar-refractivity contribution in [3.63, 3.8) is 0 Å². The molecule has 1 fully saturated rings. The Balaban J connectivity index is 1.49. The van der Waals surface area contributed by atoms with Gasteiger partial charge in [0.05, 0.1) is 5.69 Å². The molecule has 27 heavy (non-hydrogen) atoms. The number of hydrogen-bond donors (Lipinski definition) is 1. The first-order valence-corrected chi connectivity index (χ1v) is 10.5. The van der Waals surface area contributed by atoms with Crippen molar-refractivity contribution >= 4 is 22.9 Å². The van der Waals surface area contributed by atoms with Crippen LogP contribution in [0.2, 0.25) is 0 Å². The monoisotopic (exact) mass is 376 g/mol.